The number of nitrogens with zero attached hydrogens (tertiary/aromatic N) is 1. The van der Waals surface area contributed by atoms with Crippen LogP contribution in [0.15, 0.2) is 11.4 Å². The Morgan fingerprint density at radius 1 is 1.55 bits per heavy atom. The minimum absolute atomic E-state index is 0.00989. The maximum atomic E-state index is 12.4. The van der Waals surface area contributed by atoms with Gasteiger partial charge in [0.2, 0.25) is 5.91 Å². The maximum Gasteiger partial charge on any atom is 0.244 e. The Hall–Kier alpha value is -0.620. The van der Waals surface area contributed by atoms with Crippen LogP contribution in [-0.4, -0.2) is 43.2 Å². The van der Waals surface area contributed by atoms with E-state index in [4.69, 9.17) is 16.3 Å². The highest BCUT2D eigenvalue weighted by Gasteiger charge is 2.32. The fraction of sp³-hybridized carbons (Fsp3) is 0.643. The van der Waals surface area contributed by atoms with E-state index in [1.54, 1.807) is 0 Å². The standard InChI is InChI=1S/C14H19ClN2O2S/c15-13-11(4-7-20-13)16-14(18)12-9-19-6-5-17(12)8-10-2-1-3-10/h4,7,10,12H,1-3,5-6,8-9H2,(H,16,18)/t12-/m1/s1. The van der Waals surface area contributed by atoms with E-state index >= 15 is 0 Å². The van der Waals surface area contributed by atoms with Gasteiger partial charge in [0.05, 0.1) is 18.9 Å². The SMILES string of the molecule is O=C(Nc1ccsc1Cl)[C@H]1COCCN1CC1CCC1. The molecule has 1 aromatic rings. The minimum atomic E-state index is -0.194. The van der Waals surface area contributed by atoms with Gasteiger partial charge in [0.25, 0.3) is 0 Å². The van der Waals surface area contributed by atoms with E-state index in [1.165, 1.54) is 30.6 Å². The van der Waals surface area contributed by atoms with Gasteiger partial charge in [0, 0.05) is 13.1 Å². The smallest absolute Gasteiger partial charge is 0.244 e. The average molecular weight is 315 g/mol. The van der Waals surface area contributed by atoms with Gasteiger partial charge in [-0.1, -0.05) is 18.0 Å². The number of thiophene rings is 1. The number of hydrogen-bond donors (Lipinski definition) is 1. The first kappa shape index (κ1) is 14.3. The number of hydrogen-bond acceptors (Lipinski definition) is 4. The van der Waals surface area contributed by atoms with Gasteiger partial charge in [-0.15, -0.1) is 11.3 Å². The quantitative estimate of drug-likeness (QED) is 0.929. The second kappa shape index (κ2) is 6.43. The van der Waals surface area contributed by atoms with Gasteiger partial charge < -0.3 is 10.1 Å². The van der Waals surface area contributed by atoms with Gasteiger partial charge in [-0.3, -0.25) is 9.69 Å². The number of amides is 1. The number of halogens is 1. The van der Waals surface area contributed by atoms with Crippen LogP contribution in [0.25, 0.3) is 0 Å². The van der Waals surface area contributed by atoms with Crippen molar-refractivity contribution in [3.05, 3.63) is 15.8 Å². The van der Waals surface area contributed by atoms with E-state index < -0.39 is 0 Å². The largest absolute Gasteiger partial charge is 0.378 e. The van der Waals surface area contributed by atoms with Crippen LogP contribution in [0.2, 0.25) is 4.34 Å². The number of carbonyl (C=O) groups excluding carboxylic acids is 1. The first-order chi connectivity index (χ1) is 9.74. The van der Waals surface area contributed by atoms with Gasteiger partial charge in [-0.05, 0) is 30.2 Å². The zero-order valence-electron chi connectivity index (χ0n) is 11.3. The molecule has 2 fully saturated rings. The summed E-state index contributed by atoms with van der Waals surface area (Å²) in [6.45, 7) is 3.04. The van der Waals surface area contributed by atoms with Crippen molar-refractivity contribution in [1.29, 1.82) is 0 Å². The highest BCUT2D eigenvalue weighted by molar-refractivity contribution is 7.15. The Balaban J connectivity index is 1.62. The van der Waals surface area contributed by atoms with Crippen molar-refractivity contribution in [2.24, 2.45) is 5.92 Å². The van der Waals surface area contributed by atoms with E-state index in [-0.39, 0.29) is 11.9 Å². The third-order valence-electron chi connectivity index (χ3n) is 4.14. The molecule has 1 aliphatic carbocycles. The van der Waals surface area contributed by atoms with Crippen molar-refractivity contribution in [2.75, 3.05) is 31.6 Å². The summed E-state index contributed by atoms with van der Waals surface area (Å²) >= 11 is 7.46. The molecule has 20 heavy (non-hydrogen) atoms. The van der Waals surface area contributed by atoms with Crippen molar-refractivity contribution >= 4 is 34.5 Å². The third kappa shape index (κ3) is 3.17. The summed E-state index contributed by atoms with van der Waals surface area (Å²) in [7, 11) is 0. The summed E-state index contributed by atoms with van der Waals surface area (Å²) in [4.78, 5) is 14.7. The molecular formula is C14H19ClN2O2S. The van der Waals surface area contributed by atoms with Crippen molar-refractivity contribution in [2.45, 2.75) is 25.3 Å². The van der Waals surface area contributed by atoms with Crippen LogP contribution >= 0.6 is 22.9 Å². The second-order valence-corrected chi connectivity index (χ2v) is 7.00. The topological polar surface area (TPSA) is 41.6 Å². The molecule has 0 spiro atoms. The molecule has 1 aliphatic heterocycles. The van der Waals surface area contributed by atoms with Crippen molar-refractivity contribution in [3.63, 3.8) is 0 Å². The molecule has 0 unspecified atom stereocenters. The minimum Gasteiger partial charge on any atom is -0.378 e. The van der Waals surface area contributed by atoms with E-state index in [0.29, 0.717) is 16.6 Å². The molecule has 2 aliphatic rings. The Kier molecular flexibility index (Phi) is 4.61. The molecule has 1 amide bonds. The Bertz CT molecular complexity index is 475. The van der Waals surface area contributed by atoms with Crippen molar-refractivity contribution < 1.29 is 9.53 Å². The third-order valence-corrected chi connectivity index (χ3v) is 5.31. The van der Waals surface area contributed by atoms with Crippen LogP contribution in [-0.2, 0) is 9.53 Å². The average Bonchev–Trinajstić information content (AvgIpc) is 2.80. The second-order valence-electron chi connectivity index (χ2n) is 5.48. The van der Waals surface area contributed by atoms with Crippen LogP contribution in [0.5, 0.6) is 0 Å². The number of morpholine rings is 1. The van der Waals surface area contributed by atoms with Crippen LogP contribution < -0.4 is 5.32 Å². The van der Waals surface area contributed by atoms with Gasteiger partial charge >= 0.3 is 0 Å². The van der Waals surface area contributed by atoms with Crippen molar-refractivity contribution in [1.82, 2.24) is 4.90 Å². The van der Waals surface area contributed by atoms with Gasteiger partial charge in [-0.25, -0.2) is 0 Å². The fourth-order valence-corrected chi connectivity index (χ4v) is 3.54. The molecule has 3 rings (SSSR count). The Morgan fingerprint density at radius 2 is 2.40 bits per heavy atom. The summed E-state index contributed by atoms with van der Waals surface area (Å²) in [5.41, 5.74) is 0.704. The molecule has 1 aromatic heterocycles. The molecule has 0 radical (unpaired) electrons. The molecule has 0 aromatic carbocycles. The van der Waals surface area contributed by atoms with E-state index in [0.717, 1.165) is 25.6 Å². The number of rotatable bonds is 4. The van der Waals surface area contributed by atoms with Crippen molar-refractivity contribution in [3.8, 4) is 0 Å². The fourth-order valence-electron chi connectivity index (χ4n) is 2.70. The predicted molar refractivity (Wildman–Crippen MR) is 81.5 cm³/mol. The van der Waals surface area contributed by atoms with E-state index in [2.05, 4.69) is 10.2 Å². The molecular weight excluding hydrogens is 296 g/mol. The van der Waals surface area contributed by atoms with Crippen LogP contribution in [0.4, 0.5) is 5.69 Å². The van der Waals surface area contributed by atoms with Crippen LogP contribution in [0, 0.1) is 5.92 Å². The number of carbonyl (C=O) groups is 1. The Morgan fingerprint density at radius 3 is 3.05 bits per heavy atom. The molecule has 1 N–H and O–H groups in total. The zero-order valence-corrected chi connectivity index (χ0v) is 12.9. The molecule has 1 saturated carbocycles. The summed E-state index contributed by atoms with van der Waals surface area (Å²) in [6.07, 6.45) is 3.92. The lowest BCUT2D eigenvalue weighted by Crippen LogP contribution is -2.53. The maximum absolute atomic E-state index is 12.4. The molecule has 6 heteroatoms. The monoisotopic (exact) mass is 314 g/mol. The van der Waals surface area contributed by atoms with Crippen LogP contribution in [0.3, 0.4) is 0 Å². The van der Waals surface area contributed by atoms with E-state index in [1.807, 2.05) is 11.4 Å². The number of anilines is 1. The summed E-state index contributed by atoms with van der Waals surface area (Å²) in [6, 6.07) is 1.64. The van der Waals surface area contributed by atoms with Gasteiger partial charge in [0.1, 0.15) is 10.4 Å². The van der Waals surface area contributed by atoms with E-state index in [9.17, 15) is 4.79 Å². The normalized spacial score (nSPS) is 24.4. The van der Waals surface area contributed by atoms with Gasteiger partial charge in [0.15, 0.2) is 0 Å². The highest BCUT2D eigenvalue weighted by Crippen LogP contribution is 2.30. The molecule has 2 heterocycles. The first-order valence-electron chi connectivity index (χ1n) is 7.09. The molecule has 4 nitrogen and oxygen atoms in total. The molecule has 1 saturated heterocycles. The lowest BCUT2D eigenvalue weighted by Gasteiger charge is -2.39. The number of ether oxygens (including phenoxy) is 1. The predicted octanol–water partition coefficient (Wildman–Crippen LogP) is 2.84. The molecule has 0 bridgehead atoms. The lowest BCUT2D eigenvalue weighted by molar-refractivity contribution is -0.128. The molecule has 1 atom stereocenters. The highest BCUT2D eigenvalue weighted by atomic mass is 35.5. The summed E-state index contributed by atoms with van der Waals surface area (Å²) in [5.74, 6) is 0.748. The summed E-state index contributed by atoms with van der Waals surface area (Å²) in [5, 5.41) is 4.79. The lowest BCUT2D eigenvalue weighted by atomic mass is 9.84. The summed E-state index contributed by atoms with van der Waals surface area (Å²) < 4.78 is 6.11. The first-order valence-corrected chi connectivity index (χ1v) is 8.35. The zero-order chi connectivity index (χ0) is 13.9. The van der Waals surface area contributed by atoms with Crippen LogP contribution in [0.1, 0.15) is 19.3 Å². The van der Waals surface area contributed by atoms with Gasteiger partial charge in [-0.2, -0.15) is 0 Å². The number of nitrogens with one attached hydrogen (secondary N) is 1. The Labute approximate surface area is 128 Å². The molecule has 110 valence electrons.